The summed E-state index contributed by atoms with van der Waals surface area (Å²) in [6.45, 7) is 5.82. The smallest absolute Gasteiger partial charge is 0.444 e. The van der Waals surface area contributed by atoms with Gasteiger partial charge < -0.3 is 24.1 Å². The monoisotopic (exact) mass is 522 g/mol. The van der Waals surface area contributed by atoms with Crippen molar-refractivity contribution in [1.29, 1.82) is 0 Å². The van der Waals surface area contributed by atoms with E-state index in [2.05, 4.69) is 25.3 Å². The van der Waals surface area contributed by atoms with Gasteiger partial charge in [0, 0.05) is 24.3 Å². The third kappa shape index (κ3) is 6.98. The number of likely N-dealkylation sites (tertiary alicyclic amines) is 1. The van der Waals surface area contributed by atoms with E-state index in [1.807, 2.05) is 0 Å². The first-order chi connectivity index (χ1) is 17.4. The number of ether oxygens (including phenoxy) is 2. The Morgan fingerprint density at radius 2 is 2.03 bits per heavy atom. The van der Waals surface area contributed by atoms with Crippen molar-refractivity contribution in [3.63, 3.8) is 0 Å². The predicted octanol–water partition coefficient (Wildman–Crippen LogP) is 3.64. The molecule has 1 aliphatic rings. The molecule has 2 atom stereocenters. The summed E-state index contributed by atoms with van der Waals surface area (Å²) in [5.41, 5.74) is -0.453. The molecular weight excluding hydrogens is 497 g/mol. The number of rotatable bonds is 6. The van der Waals surface area contributed by atoms with E-state index in [0.717, 1.165) is 12.1 Å². The number of carbonyl (C=O) groups is 2. The summed E-state index contributed by atoms with van der Waals surface area (Å²) in [4.78, 5) is 31.1. The first-order valence-electron chi connectivity index (χ1n) is 11.3. The van der Waals surface area contributed by atoms with Crippen LogP contribution < -0.4 is 10.1 Å². The summed E-state index contributed by atoms with van der Waals surface area (Å²) in [5.74, 6) is -1.26. The minimum Gasteiger partial charge on any atom is -0.444 e. The molecule has 0 spiro atoms. The minimum absolute atomic E-state index is 0.0867. The molecule has 37 heavy (non-hydrogen) atoms. The van der Waals surface area contributed by atoms with Gasteiger partial charge in [-0.1, -0.05) is 17.3 Å². The quantitative estimate of drug-likeness (QED) is 0.520. The molecule has 3 aromatic rings. The first-order valence-corrected chi connectivity index (χ1v) is 11.3. The zero-order valence-electron chi connectivity index (χ0n) is 20.2. The summed E-state index contributed by atoms with van der Waals surface area (Å²) in [6.07, 6.45) is -0.523. The molecular formula is C23H25F3N6O5. The molecule has 3 heterocycles. The first kappa shape index (κ1) is 26.0. The maximum absolute atomic E-state index is 12.8. The molecule has 0 bridgehead atoms. The van der Waals surface area contributed by atoms with Crippen molar-refractivity contribution in [3.8, 4) is 17.1 Å². The number of amides is 2. The number of oxazole rings is 1. The lowest BCUT2D eigenvalue weighted by atomic mass is 10.1. The standard InChI is InChI=1S/C23H25F3N6O5/c1-22(2,3)37-21(34)32-12-15(10-16(32)13-31-8-7-28-30-31)29-19(33)20-27-11-18(35-20)14-5-4-6-17(9-14)36-23(24,25)26/h4-9,11,15-16H,10,12-13H2,1-3H3,(H,29,33)/t15?,16-/m1/s1. The third-order valence-electron chi connectivity index (χ3n) is 5.30. The second-order valence-electron chi connectivity index (χ2n) is 9.42. The Labute approximate surface area is 209 Å². The summed E-state index contributed by atoms with van der Waals surface area (Å²) in [6, 6.07) is 4.37. The van der Waals surface area contributed by atoms with Gasteiger partial charge in [0.1, 0.15) is 11.4 Å². The fraction of sp³-hybridized carbons (Fsp3) is 0.435. The third-order valence-corrected chi connectivity index (χ3v) is 5.30. The molecule has 1 aliphatic heterocycles. The summed E-state index contributed by atoms with van der Waals surface area (Å²) in [7, 11) is 0. The van der Waals surface area contributed by atoms with E-state index in [1.165, 1.54) is 29.4 Å². The van der Waals surface area contributed by atoms with Crippen molar-refractivity contribution in [2.45, 2.75) is 57.8 Å². The van der Waals surface area contributed by atoms with E-state index in [9.17, 15) is 22.8 Å². The van der Waals surface area contributed by atoms with Gasteiger partial charge in [0.25, 0.3) is 5.89 Å². The van der Waals surface area contributed by atoms with Gasteiger partial charge in [0.15, 0.2) is 5.76 Å². The highest BCUT2D eigenvalue weighted by Crippen LogP contribution is 2.29. The van der Waals surface area contributed by atoms with Crippen LogP contribution in [0.25, 0.3) is 11.3 Å². The summed E-state index contributed by atoms with van der Waals surface area (Å²) >= 11 is 0. The van der Waals surface area contributed by atoms with Crippen molar-refractivity contribution < 1.29 is 36.7 Å². The van der Waals surface area contributed by atoms with Crippen molar-refractivity contribution in [3.05, 3.63) is 48.7 Å². The number of carbonyl (C=O) groups excluding carboxylic acids is 2. The van der Waals surface area contributed by atoms with Crippen LogP contribution in [0, 0.1) is 0 Å². The lowest BCUT2D eigenvalue weighted by Gasteiger charge is -2.28. The number of benzene rings is 1. The van der Waals surface area contributed by atoms with E-state index in [1.54, 1.807) is 31.6 Å². The lowest BCUT2D eigenvalue weighted by molar-refractivity contribution is -0.274. The topological polar surface area (TPSA) is 125 Å². The Hall–Kier alpha value is -4.10. The molecule has 1 aromatic carbocycles. The van der Waals surface area contributed by atoms with Crippen molar-refractivity contribution in [2.75, 3.05) is 6.54 Å². The number of hydrogen-bond donors (Lipinski definition) is 1. The zero-order valence-corrected chi connectivity index (χ0v) is 20.2. The maximum Gasteiger partial charge on any atom is 0.573 e. The van der Waals surface area contributed by atoms with Crippen LogP contribution in [0.4, 0.5) is 18.0 Å². The Morgan fingerprint density at radius 3 is 2.70 bits per heavy atom. The highest BCUT2D eigenvalue weighted by atomic mass is 19.4. The molecule has 1 N–H and O–H groups in total. The van der Waals surface area contributed by atoms with E-state index in [-0.39, 0.29) is 29.8 Å². The van der Waals surface area contributed by atoms with Crippen LogP contribution in [0.15, 0.2) is 47.3 Å². The van der Waals surface area contributed by atoms with Gasteiger partial charge in [0.05, 0.1) is 25.0 Å². The molecule has 0 radical (unpaired) electrons. The number of alkyl halides is 3. The van der Waals surface area contributed by atoms with Gasteiger partial charge in [-0.05, 0) is 39.3 Å². The van der Waals surface area contributed by atoms with Crippen molar-refractivity contribution in [2.24, 2.45) is 0 Å². The Balaban J connectivity index is 1.44. The molecule has 1 saturated heterocycles. The van der Waals surface area contributed by atoms with Crippen molar-refractivity contribution in [1.82, 2.24) is 30.2 Å². The fourth-order valence-electron chi connectivity index (χ4n) is 3.89. The second kappa shape index (κ2) is 10.1. The summed E-state index contributed by atoms with van der Waals surface area (Å²) in [5, 5.41) is 10.5. The zero-order chi connectivity index (χ0) is 26.8. The molecule has 4 rings (SSSR count). The highest BCUT2D eigenvalue weighted by Gasteiger charge is 2.39. The largest absolute Gasteiger partial charge is 0.573 e. The van der Waals surface area contributed by atoms with Gasteiger partial charge in [-0.3, -0.25) is 9.48 Å². The van der Waals surface area contributed by atoms with Crippen LogP contribution in [0.2, 0.25) is 0 Å². The molecule has 0 aliphatic carbocycles. The molecule has 2 aromatic heterocycles. The molecule has 0 saturated carbocycles. The molecule has 1 unspecified atom stereocenters. The van der Waals surface area contributed by atoms with Crippen LogP contribution in [0.3, 0.4) is 0 Å². The predicted molar refractivity (Wildman–Crippen MR) is 121 cm³/mol. The molecule has 2 amide bonds. The van der Waals surface area contributed by atoms with Gasteiger partial charge in [0.2, 0.25) is 0 Å². The second-order valence-corrected chi connectivity index (χ2v) is 9.42. The number of aromatic nitrogens is 4. The molecule has 1 fully saturated rings. The van der Waals surface area contributed by atoms with Crippen LogP contribution in [-0.2, 0) is 11.3 Å². The Bertz CT molecular complexity index is 1240. The van der Waals surface area contributed by atoms with E-state index in [4.69, 9.17) is 9.15 Å². The molecule has 198 valence electrons. The van der Waals surface area contributed by atoms with Crippen LogP contribution in [0.5, 0.6) is 5.75 Å². The van der Waals surface area contributed by atoms with Crippen LogP contribution in [0.1, 0.15) is 37.9 Å². The van der Waals surface area contributed by atoms with Gasteiger partial charge in [-0.2, -0.15) is 0 Å². The van der Waals surface area contributed by atoms with Crippen LogP contribution in [-0.4, -0.2) is 67.5 Å². The van der Waals surface area contributed by atoms with Gasteiger partial charge >= 0.3 is 18.4 Å². The number of halogens is 3. The number of nitrogens with zero attached hydrogens (tertiary/aromatic N) is 5. The highest BCUT2D eigenvalue weighted by molar-refractivity contribution is 5.90. The maximum atomic E-state index is 12.8. The lowest BCUT2D eigenvalue weighted by Crippen LogP contribution is -2.43. The average molecular weight is 522 g/mol. The molecule has 11 nitrogen and oxygen atoms in total. The van der Waals surface area contributed by atoms with Gasteiger partial charge in [-0.15, -0.1) is 18.3 Å². The normalized spacial score (nSPS) is 18.1. The number of nitrogens with one attached hydrogen (secondary N) is 1. The Kier molecular flexibility index (Phi) is 7.09. The molecule has 14 heteroatoms. The van der Waals surface area contributed by atoms with E-state index < -0.39 is 35.8 Å². The van der Waals surface area contributed by atoms with Crippen molar-refractivity contribution >= 4 is 12.0 Å². The van der Waals surface area contributed by atoms with Gasteiger partial charge in [-0.25, -0.2) is 9.78 Å². The van der Waals surface area contributed by atoms with Crippen LogP contribution >= 0.6 is 0 Å². The Morgan fingerprint density at radius 1 is 1.24 bits per heavy atom. The fourth-order valence-corrected chi connectivity index (χ4v) is 3.89. The number of hydrogen-bond acceptors (Lipinski definition) is 8. The minimum atomic E-state index is -4.84. The van der Waals surface area contributed by atoms with E-state index in [0.29, 0.717) is 13.0 Å². The summed E-state index contributed by atoms with van der Waals surface area (Å²) < 4.78 is 54.1. The van der Waals surface area contributed by atoms with E-state index >= 15 is 0 Å². The average Bonchev–Trinajstić information content (AvgIpc) is 3.53. The SMILES string of the molecule is CC(C)(C)OC(=O)N1CC(NC(=O)c2ncc(-c3cccc(OC(F)(F)F)c3)o2)C[C@@H]1Cn1ccnn1.